The molecular formula is C5H10Cl3O3P. The van der Waals surface area contributed by atoms with Crippen LogP contribution in [-0.4, -0.2) is 31.0 Å². The molecule has 0 spiro atoms. The lowest BCUT2D eigenvalue weighted by Crippen LogP contribution is -1.99. The first kappa shape index (κ1) is 13.2. The fourth-order valence-electron chi connectivity index (χ4n) is 0.370. The summed E-state index contributed by atoms with van der Waals surface area (Å²) in [6.45, 7) is 0.763. The number of rotatable bonds is 8. The summed E-state index contributed by atoms with van der Waals surface area (Å²) in [6, 6.07) is 0.0380. The number of hydrogen-bond donors (Lipinski definition) is 0. The summed E-state index contributed by atoms with van der Waals surface area (Å²) in [5.74, 6) is 0.795. The molecule has 3 nitrogen and oxygen atoms in total. The smallest absolute Gasteiger partial charge is 0.311 e. The van der Waals surface area contributed by atoms with Crippen molar-refractivity contribution in [2.24, 2.45) is 0 Å². The maximum atomic E-state index is 5.40. The Bertz CT molecular complexity index is 90.0. The van der Waals surface area contributed by atoms with Crippen molar-refractivity contribution in [1.29, 1.82) is 0 Å². The molecule has 0 aromatic rings. The van der Waals surface area contributed by atoms with Crippen LogP contribution in [0.5, 0.6) is 0 Å². The van der Waals surface area contributed by atoms with Gasteiger partial charge in [0.1, 0.15) is 6.07 Å². The third-order valence-corrected chi connectivity index (χ3v) is 2.40. The maximum Gasteiger partial charge on any atom is 0.333 e. The summed E-state index contributed by atoms with van der Waals surface area (Å²) < 4.78 is 15.1. The highest BCUT2D eigenvalue weighted by atomic mass is 35.5. The molecule has 0 radical (unpaired) electrons. The van der Waals surface area contributed by atoms with E-state index in [1.165, 1.54) is 0 Å². The van der Waals surface area contributed by atoms with Gasteiger partial charge in [-0.15, -0.1) is 23.2 Å². The van der Waals surface area contributed by atoms with E-state index in [0.717, 1.165) is 0 Å². The van der Waals surface area contributed by atoms with Gasteiger partial charge in [0.15, 0.2) is 0 Å². The molecule has 0 fully saturated rings. The number of alkyl halides is 3. The molecule has 0 saturated heterocycles. The van der Waals surface area contributed by atoms with Crippen molar-refractivity contribution in [3.05, 3.63) is 0 Å². The summed E-state index contributed by atoms with van der Waals surface area (Å²) in [4.78, 5) is 0. The van der Waals surface area contributed by atoms with Crippen molar-refractivity contribution in [1.82, 2.24) is 0 Å². The van der Waals surface area contributed by atoms with Gasteiger partial charge in [-0.2, -0.15) is 0 Å². The zero-order valence-electron chi connectivity index (χ0n) is 6.34. The molecule has 0 saturated carbocycles. The van der Waals surface area contributed by atoms with E-state index in [1.54, 1.807) is 0 Å². The molecule has 7 heteroatoms. The molecule has 0 aliphatic carbocycles. The molecule has 0 amide bonds. The third-order valence-electron chi connectivity index (χ3n) is 0.702. The maximum absolute atomic E-state index is 5.40. The Balaban J connectivity index is 3.40. The van der Waals surface area contributed by atoms with Crippen molar-refractivity contribution < 1.29 is 13.6 Å². The van der Waals surface area contributed by atoms with Crippen LogP contribution in [0.2, 0.25) is 0 Å². The van der Waals surface area contributed by atoms with Crippen molar-refractivity contribution in [2.75, 3.05) is 31.0 Å². The van der Waals surface area contributed by atoms with Crippen LogP contribution in [-0.2, 0) is 13.6 Å². The molecule has 0 aromatic carbocycles. The lowest BCUT2D eigenvalue weighted by atomic mass is 10.9. The highest BCUT2D eigenvalue weighted by Crippen LogP contribution is 2.39. The lowest BCUT2D eigenvalue weighted by Gasteiger charge is -2.13. The summed E-state index contributed by atoms with van der Waals surface area (Å²) in [5, 5.41) is 0. The van der Waals surface area contributed by atoms with Gasteiger partial charge in [-0.05, 0) is 0 Å². The molecule has 74 valence electrons. The molecular weight excluding hydrogens is 245 g/mol. The quantitative estimate of drug-likeness (QED) is 0.493. The molecule has 0 aliphatic rings. The molecule has 0 bridgehead atoms. The van der Waals surface area contributed by atoms with Gasteiger partial charge >= 0.3 is 8.60 Å². The largest absolute Gasteiger partial charge is 0.333 e. The topological polar surface area (TPSA) is 27.7 Å². The summed E-state index contributed by atoms with van der Waals surface area (Å²) in [7, 11) is -1.37. The van der Waals surface area contributed by atoms with Gasteiger partial charge in [-0.1, -0.05) is 11.6 Å². The molecule has 0 unspecified atom stereocenters. The van der Waals surface area contributed by atoms with E-state index in [-0.39, 0.29) is 6.07 Å². The fourth-order valence-corrected chi connectivity index (χ4v) is 1.76. The zero-order valence-corrected chi connectivity index (χ0v) is 9.50. The van der Waals surface area contributed by atoms with Gasteiger partial charge in [0.2, 0.25) is 0 Å². The summed E-state index contributed by atoms with van der Waals surface area (Å²) >= 11 is 16.1. The molecule has 12 heavy (non-hydrogen) atoms. The first-order valence-corrected chi connectivity index (χ1v) is 5.91. The SMILES string of the molecule is ClCCOP(OCCl)OCCCl. The Hall–Kier alpha value is 1.18. The Kier molecular flexibility index (Phi) is 11.3. The Labute approximate surface area is 88.2 Å². The van der Waals surface area contributed by atoms with Gasteiger partial charge in [0, 0.05) is 11.8 Å². The van der Waals surface area contributed by atoms with Crippen LogP contribution in [0.25, 0.3) is 0 Å². The van der Waals surface area contributed by atoms with E-state index >= 15 is 0 Å². The number of halogens is 3. The first-order valence-electron chi connectivity index (χ1n) is 3.22. The van der Waals surface area contributed by atoms with Crippen LogP contribution in [0.1, 0.15) is 0 Å². The standard InChI is InChI=1S/C5H10Cl3O3P/c6-1-3-9-12(11-5-8)10-4-2-7/h1-5H2. The van der Waals surface area contributed by atoms with Crippen LogP contribution in [0.15, 0.2) is 0 Å². The molecule has 0 aliphatic heterocycles. The molecule has 0 heterocycles. The third kappa shape index (κ3) is 7.81. The highest BCUT2D eigenvalue weighted by Gasteiger charge is 2.10. The van der Waals surface area contributed by atoms with Crippen LogP contribution < -0.4 is 0 Å². The van der Waals surface area contributed by atoms with E-state index in [4.69, 9.17) is 48.4 Å². The minimum atomic E-state index is -1.37. The van der Waals surface area contributed by atoms with Crippen molar-refractivity contribution in [3.8, 4) is 0 Å². The van der Waals surface area contributed by atoms with Crippen LogP contribution in [0.3, 0.4) is 0 Å². The van der Waals surface area contributed by atoms with Gasteiger partial charge in [-0.25, -0.2) is 0 Å². The van der Waals surface area contributed by atoms with Crippen LogP contribution >= 0.6 is 43.4 Å². The van der Waals surface area contributed by atoms with E-state index < -0.39 is 8.60 Å². The van der Waals surface area contributed by atoms with E-state index in [0.29, 0.717) is 25.0 Å². The van der Waals surface area contributed by atoms with Crippen molar-refractivity contribution in [3.63, 3.8) is 0 Å². The minimum Gasteiger partial charge on any atom is -0.311 e. The van der Waals surface area contributed by atoms with E-state index in [1.807, 2.05) is 0 Å². The monoisotopic (exact) mass is 254 g/mol. The second-order valence-electron chi connectivity index (χ2n) is 1.51. The van der Waals surface area contributed by atoms with Gasteiger partial charge in [-0.3, -0.25) is 4.52 Å². The summed E-state index contributed by atoms with van der Waals surface area (Å²) in [6.07, 6.45) is 0. The lowest BCUT2D eigenvalue weighted by molar-refractivity contribution is 0.189. The minimum absolute atomic E-state index is 0.0380. The second-order valence-corrected chi connectivity index (χ2v) is 3.70. The highest BCUT2D eigenvalue weighted by molar-refractivity contribution is 7.41. The van der Waals surface area contributed by atoms with Crippen molar-refractivity contribution >= 4 is 43.4 Å². The Morgan fingerprint density at radius 3 is 1.67 bits per heavy atom. The fraction of sp³-hybridized carbons (Fsp3) is 1.00. The average molecular weight is 255 g/mol. The molecule has 0 aromatic heterocycles. The molecule has 0 atom stereocenters. The second kappa shape index (κ2) is 10.3. The predicted molar refractivity (Wildman–Crippen MR) is 52.1 cm³/mol. The van der Waals surface area contributed by atoms with Gasteiger partial charge in [0.25, 0.3) is 0 Å². The van der Waals surface area contributed by atoms with Crippen LogP contribution in [0.4, 0.5) is 0 Å². The first-order chi connectivity index (χ1) is 5.85. The normalized spacial score (nSPS) is 11.0. The van der Waals surface area contributed by atoms with Gasteiger partial charge in [0.05, 0.1) is 13.2 Å². The van der Waals surface area contributed by atoms with Gasteiger partial charge < -0.3 is 9.05 Å². The van der Waals surface area contributed by atoms with E-state index in [2.05, 4.69) is 0 Å². The molecule has 0 N–H and O–H groups in total. The molecule has 0 rings (SSSR count). The number of hydrogen-bond acceptors (Lipinski definition) is 3. The van der Waals surface area contributed by atoms with Crippen LogP contribution in [0, 0.1) is 0 Å². The Morgan fingerprint density at radius 2 is 1.33 bits per heavy atom. The predicted octanol–water partition coefficient (Wildman–Crippen LogP) is 2.94. The van der Waals surface area contributed by atoms with E-state index in [9.17, 15) is 0 Å². The van der Waals surface area contributed by atoms with Crippen molar-refractivity contribution in [2.45, 2.75) is 0 Å². The summed E-state index contributed by atoms with van der Waals surface area (Å²) in [5.41, 5.74) is 0. The Morgan fingerprint density at radius 1 is 0.833 bits per heavy atom. The average Bonchev–Trinajstić information content (AvgIpc) is 2.10. The zero-order chi connectivity index (χ0) is 9.23.